The first-order valence-electron chi connectivity index (χ1n) is 10.6. The van der Waals surface area contributed by atoms with E-state index in [4.69, 9.17) is 4.74 Å². The second-order valence-corrected chi connectivity index (χ2v) is 9.78. The van der Waals surface area contributed by atoms with E-state index in [9.17, 15) is 22.8 Å². The molecule has 32 heavy (non-hydrogen) atoms. The van der Waals surface area contributed by atoms with Crippen LogP contribution < -0.4 is 4.74 Å². The summed E-state index contributed by atoms with van der Waals surface area (Å²) in [6, 6.07) is 12.2. The highest BCUT2D eigenvalue weighted by atomic mass is 32.2. The van der Waals surface area contributed by atoms with Crippen molar-refractivity contribution in [1.29, 1.82) is 0 Å². The number of ketones is 1. The van der Waals surface area contributed by atoms with Crippen molar-refractivity contribution in [3.05, 3.63) is 59.7 Å². The number of hydrogen-bond donors (Lipinski definition) is 0. The number of carbonyl (C=O) groups is 3. The summed E-state index contributed by atoms with van der Waals surface area (Å²) in [6.45, 7) is 0.0510. The van der Waals surface area contributed by atoms with Crippen molar-refractivity contribution >= 4 is 27.6 Å². The fourth-order valence-corrected chi connectivity index (χ4v) is 5.46. The number of Topliss-reactive ketones (excluding diaryl/α,β-unsaturated/α-hetero) is 1. The Kier molecular flexibility index (Phi) is 6.38. The molecule has 2 aromatic carbocycles. The smallest absolute Gasteiger partial charge is 0.267 e. The number of carbonyl (C=O) groups excluding carboxylic acids is 3. The van der Waals surface area contributed by atoms with Gasteiger partial charge in [-0.1, -0.05) is 37.1 Å². The van der Waals surface area contributed by atoms with E-state index < -0.39 is 34.2 Å². The number of ether oxygens (including phenoxy) is 1. The van der Waals surface area contributed by atoms with Crippen molar-refractivity contribution < 1.29 is 27.5 Å². The van der Waals surface area contributed by atoms with Crippen LogP contribution in [0, 0.1) is 0 Å². The summed E-state index contributed by atoms with van der Waals surface area (Å²) < 4.78 is 33.0. The molecule has 0 unspecified atom stereocenters. The number of hydrogen-bond acceptors (Lipinski definition) is 6. The first kappa shape index (κ1) is 22.2. The zero-order valence-corrected chi connectivity index (χ0v) is 18.3. The van der Waals surface area contributed by atoms with Crippen LogP contribution in [0.5, 0.6) is 5.75 Å². The van der Waals surface area contributed by atoms with E-state index in [-0.39, 0.29) is 28.4 Å². The zero-order valence-electron chi connectivity index (χ0n) is 17.5. The lowest BCUT2D eigenvalue weighted by Gasteiger charge is -2.20. The van der Waals surface area contributed by atoms with E-state index in [1.165, 1.54) is 34.6 Å². The highest BCUT2D eigenvalue weighted by Gasteiger charge is 2.32. The highest BCUT2D eigenvalue weighted by molar-refractivity contribution is 7.89. The molecule has 0 spiro atoms. The summed E-state index contributed by atoms with van der Waals surface area (Å²) in [4.78, 5) is 39.1. The number of fused-ring (bicyclic) bond motifs is 1. The van der Waals surface area contributed by atoms with Gasteiger partial charge in [-0.15, -0.1) is 0 Å². The normalized spacial score (nSPS) is 17.8. The molecule has 0 saturated carbocycles. The Morgan fingerprint density at radius 1 is 0.938 bits per heavy atom. The van der Waals surface area contributed by atoms with Gasteiger partial charge < -0.3 is 4.74 Å². The molecule has 1 fully saturated rings. The van der Waals surface area contributed by atoms with Crippen LogP contribution in [0.25, 0.3) is 0 Å². The molecule has 168 valence electrons. The lowest BCUT2D eigenvalue weighted by atomic mass is 10.1. The minimum absolute atomic E-state index is 0.0347. The number of amides is 2. The molecule has 1 saturated heterocycles. The van der Waals surface area contributed by atoms with Gasteiger partial charge in [-0.2, -0.15) is 4.31 Å². The van der Waals surface area contributed by atoms with Crippen molar-refractivity contribution in [2.75, 3.05) is 26.2 Å². The SMILES string of the molecule is O=C(CN1C(=O)COc2ccccc2C1=O)c1cccc(S(=O)(=O)N2CCCCCC2)c1. The van der Waals surface area contributed by atoms with Gasteiger partial charge in [0.25, 0.3) is 11.8 Å². The maximum Gasteiger partial charge on any atom is 0.267 e. The quantitative estimate of drug-likeness (QED) is 0.506. The van der Waals surface area contributed by atoms with E-state index >= 15 is 0 Å². The molecule has 2 aliphatic rings. The molecule has 0 radical (unpaired) electrons. The summed E-state index contributed by atoms with van der Waals surface area (Å²) in [5.74, 6) is -1.50. The number of benzene rings is 2. The van der Waals surface area contributed by atoms with Crippen molar-refractivity contribution in [3.8, 4) is 5.75 Å². The Morgan fingerprint density at radius 2 is 1.66 bits per heavy atom. The molecule has 2 heterocycles. The molecule has 2 aromatic rings. The fraction of sp³-hybridized carbons (Fsp3) is 0.348. The van der Waals surface area contributed by atoms with Gasteiger partial charge in [0.2, 0.25) is 10.0 Å². The Morgan fingerprint density at radius 3 is 2.41 bits per heavy atom. The van der Waals surface area contributed by atoms with Crippen molar-refractivity contribution in [1.82, 2.24) is 9.21 Å². The predicted octanol–water partition coefficient (Wildman–Crippen LogP) is 2.50. The minimum atomic E-state index is -3.73. The zero-order chi connectivity index (χ0) is 22.7. The number of rotatable bonds is 5. The molecular formula is C23H24N2O6S. The molecule has 2 amide bonds. The molecule has 0 atom stereocenters. The summed E-state index contributed by atoms with van der Waals surface area (Å²) in [7, 11) is -3.73. The van der Waals surface area contributed by atoms with Crippen LogP contribution in [-0.4, -0.2) is 61.5 Å². The number of sulfonamides is 1. The molecule has 4 rings (SSSR count). The average Bonchev–Trinajstić information content (AvgIpc) is 3.15. The molecule has 0 aliphatic carbocycles. The molecule has 2 aliphatic heterocycles. The van der Waals surface area contributed by atoms with Crippen molar-refractivity contribution in [3.63, 3.8) is 0 Å². The van der Waals surface area contributed by atoms with Crippen LogP contribution in [0.1, 0.15) is 46.4 Å². The predicted molar refractivity (Wildman–Crippen MR) is 116 cm³/mol. The lowest BCUT2D eigenvalue weighted by molar-refractivity contribution is -0.129. The first-order valence-corrected chi connectivity index (χ1v) is 12.0. The number of imide groups is 1. The Hall–Kier alpha value is -3.04. The second-order valence-electron chi connectivity index (χ2n) is 7.84. The van der Waals surface area contributed by atoms with Crippen LogP contribution >= 0.6 is 0 Å². The summed E-state index contributed by atoms with van der Waals surface area (Å²) in [5, 5.41) is 0. The van der Waals surface area contributed by atoms with Gasteiger partial charge in [0.05, 0.1) is 17.0 Å². The van der Waals surface area contributed by atoms with Crippen LogP contribution in [0.15, 0.2) is 53.4 Å². The third kappa shape index (κ3) is 4.44. The van der Waals surface area contributed by atoms with E-state index in [2.05, 4.69) is 0 Å². The molecular weight excluding hydrogens is 432 g/mol. The van der Waals surface area contributed by atoms with E-state index in [1.807, 2.05) is 0 Å². The van der Waals surface area contributed by atoms with Gasteiger partial charge in [0.15, 0.2) is 12.4 Å². The third-order valence-electron chi connectivity index (χ3n) is 5.68. The van der Waals surface area contributed by atoms with Gasteiger partial charge in [-0.05, 0) is 37.1 Å². The molecule has 8 nitrogen and oxygen atoms in total. The maximum absolute atomic E-state index is 13.1. The fourth-order valence-electron chi connectivity index (χ4n) is 3.90. The number of para-hydroxylation sites is 1. The topological polar surface area (TPSA) is 101 Å². The number of nitrogens with zero attached hydrogens (tertiary/aromatic N) is 2. The lowest BCUT2D eigenvalue weighted by Crippen LogP contribution is -2.41. The van der Waals surface area contributed by atoms with E-state index in [1.54, 1.807) is 18.2 Å². The molecule has 0 N–H and O–H groups in total. The summed E-state index contributed by atoms with van der Waals surface area (Å²) in [6.07, 6.45) is 3.60. The second kappa shape index (κ2) is 9.22. The molecule has 9 heteroatoms. The molecule has 0 aromatic heterocycles. The standard InChI is InChI=1S/C23H24N2O6S/c26-20(15-25-22(27)16-31-21-11-4-3-10-19(21)23(25)28)17-8-7-9-18(14-17)32(29,30)24-12-5-1-2-6-13-24/h3-4,7-11,14H,1-2,5-6,12-13,15-16H2. The third-order valence-corrected chi connectivity index (χ3v) is 7.57. The van der Waals surface area contributed by atoms with Crippen molar-refractivity contribution in [2.24, 2.45) is 0 Å². The summed E-state index contributed by atoms with van der Waals surface area (Å²) in [5.41, 5.74) is 0.323. The minimum Gasteiger partial charge on any atom is -0.483 e. The Labute approximate surface area is 186 Å². The van der Waals surface area contributed by atoms with Crippen LogP contribution in [-0.2, 0) is 14.8 Å². The monoisotopic (exact) mass is 456 g/mol. The maximum atomic E-state index is 13.1. The highest BCUT2D eigenvalue weighted by Crippen LogP contribution is 2.24. The molecule has 0 bridgehead atoms. The summed E-state index contributed by atoms with van der Waals surface area (Å²) >= 11 is 0. The first-order chi connectivity index (χ1) is 15.4. The average molecular weight is 457 g/mol. The van der Waals surface area contributed by atoms with Gasteiger partial charge in [0, 0.05) is 18.7 Å². The van der Waals surface area contributed by atoms with E-state index in [0.29, 0.717) is 13.1 Å². The van der Waals surface area contributed by atoms with Crippen LogP contribution in [0.3, 0.4) is 0 Å². The van der Waals surface area contributed by atoms with Gasteiger partial charge in [-0.3, -0.25) is 19.3 Å². The van der Waals surface area contributed by atoms with Gasteiger partial charge in [-0.25, -0.2) is 8.42 Å². The van der Waals surface area contributed by atoms with Gasteiger partial charge in [0.1, 0.15) is 5.75 Å². The van der Waals surface area contributed by atoms with E-state index in [0.717, 1.165) is 30.6 Å². The van der Waals surface area contributed by atoms with Crippen molar-refractivity contribution in [2.45, 2.75) is 30.6 Å². The van der Waals surface area contributed by atoms with Gasteiger partial charge >= 0.3 is 0 Å². The van der Waals surface area contributed by atoms with Crippen LogP contribution in [0.2, 0.25) is 0 Å². The van der Waals surface area contributed by atoms with Crippen LogP contribution in [0.4, 0.5) is 0 Å². The largest absolute Gasteiger partial charge is 0.483 e. The Bertz CT molecular complexity index is 1150. The Balaban J connectivity index is 1.56.